The van der Waals surface area contributed by atoms with Crippen LogP contribution in [0.5, 0.6) is 11.6 Å². The maximum Gasteiger partial charge on any atom is 0.241 e. The topological polar surface area (TPSA) is 35.0 Å². The first-order chi connectivity index (χ1) is 13.4. The molecule has 2 rings (SSSR count). The molecular formula is C24H35N2OSi. The molecular weight excluding hydrogens is 360 g/mol. The molecule has 2 aromatic rings. The molecule has 0 spiro atoms. The maximum absolute atomic E-state index is 6.09. The molecule has 4 heteroatoms. The average Bonchev–Trinajstić information content (AvgIpc) is 2.69. The quantitative estimate of drug-likeness (QED) is 0.292. The Morgan fingerprint density at radius 2 is 1.54 bits per heavy atom. The number of nitrogens with zero attached hydrogens (tertiary/aromatic N) is 2. The Hall–Kier alpha value is -1.68. The fourth-order valence-electron chi connectivity index (χ4n) is 3.17. The van der Waals surface area contributed by atoms with Gasteiger partial charge in [0.25, 0.3) is 0 Å². The second kappa shape index (κ2) is 11.4. The number of rotatable bonds is 12. The number of benzene rings is 1. The Bertz CT molecular complexity index is 698. The van der Waals surface area contributed by atoms with Gasteiger partial charge in [-0.2, -0.15) is 0 Å². The molecule has 0 saturated heterocycles. The third kappa shape index (κ3) is 6.73. The predicted molar refractivity (Wildman–Crippen MR) is 118 cm³/mol. The maximum atomic E-state index is 6.09. The van der Waals surface area contributed by atoms with Crippen molar-refractivity contribution in [1.29, 1.82) is 0 Å². The molecule has 0 aliphatic carbocycles. The number of hydrogen-bond donors (Lipinski definition) is 0. The van der Waals surface area contributed by atoms with Crippen molar-refractivity contribution >= 4 is 10.2 Å². The zero-order valence-electron chi connectivity index (χ0n) is 18.0. The van der Waals surface area contributed by atoms with E-state index in [4.69, 9.17) is 4.74 Å². The highest BCUT2D eigenvalue weighted by atomic mass is 28.1. The van der Waals surface area contributed by atoms with E-state index in [1.54, 1.807) is 12.4 Å². The smallest absolute Gasteiger partial charge is 0.241 e. The van der Waals surface area contributed by atoms with Crippen LogP contribution >= 0.6 is 0 Å². The summed E-state index contributed by atoms with van der Waals surface area (Å²) in [5.74, 6) is 1.39. The van der Waals surface area contributed by atoms with Gasteiger partial charge in [-0.1, -0.05) is 78.4 Å². The highest BCUT2D eigenvalue weighted by Crippen LogP contribution is 2.37. The van der Waals surface area contributed by atoms with Gasteiger partial charge in [0.1, 0.15) is 11.4 Å². The van der Waals surface area contributed by atoms with Crippen LogP contribution in [-0.2, 0) is 11.8 Å². The lowest BCUT2D eigenvalue weighted by atomic mass is 9.85. The highest BCUT2D eigenvalue weighted by molar-refractivity contribution is 6.12. The van der Waals surface area contributed by atoms with E-state index < -0.39 is 0 Å². The summed E-state index contributed by atoms with van der Waals surface area (Å²) in [5, 5.41) is 0. The monoisotopic (exact) mass is 395 g/mol. The van der Waals surface area contributed by atoms with Crippen LogP contribution in [0.15, 0.2) is 36.7 Å². The van der Waals surface area contributed by atoms with Crippen molar-refractivity contribution in [3.05, 3.63) is 47.9 Å². The van der Waals surface area contributed by atoms with E-state index in [9.17, 15) is 0 Å². The molecule has 28 heavy (non-hydrogen) atoms. The number of unbranched alkanes of at least 4 members (excludes halogenated alkanes) is 6. The predicted octanol–water partition coefficient (Wildman–Crippen LogP) is 6.82. The van der Waals surface area contributed by atoms with Crippen LogP contribution in [0.1, 0.15) is 83.9 Å². The number of aryl methyl sites for hydroxylation is 1. The Kier molecular flexibility index (Phi) is 9.16. The number of hydrogen-bond acceptors (Lipinski definition) is 3. The molecule has 3 radical (unpaired) electrons. The fourth-order valence-corrected chi connectivity index (χ4v) is 3.31. The third-order valence-corrected chi connectivity index (χ3v) is 6.29. The van der Waals surface area contributed by atoms with E-state index in [-0.39, 0.29) is 11.0 Å². The molecule has 151 valence electrons. The lowest BCUT2D eigenvalue weighted by Gasteiger charge is -2.29. The first kappa shape index (κ1) is 22.6. The molecule has 0 bridgehead atoms. The number of aromatic nitrogens is 2. The largest absolute Gasteiger partial charge is 0.437 e. The van der Waals surface area contributed by atoms with Crippen LogP contribution in [0.2, 0.25) is 5.54 Å². The average molecular weight is 396 g/mol. The summed E-state index contributed by atoms with van der Waals surface area (Å²) in [6.07, 6.45) is 13.9. The van der Waals surface area contributed by atoms with Gasteiger partial charge in [-0.25, -0.2) is 4.98 Å². The van der Waals surface area contributed by atoms with Gasteiger partial charge >= 0.3 is 0 Å². The molecule has 1 atom stereocenters. The van der Waals surface area contributed by atoms with Crippen molar-refractivity contribution in [2.45, 2.75) is 90.0 Å². The molecule has 0 N–H and O–H groups in total. The summed E-state index contributed by atoms with van der Waals surface area (Å²) in [4.78, 5) is 8.97. The van der Waals surface area contributed by atoms with Crippen LogP contribution < -0.4 is 4.74 Å². The zero-order chi connectivity index (χ0) is 20.4. The molecule has 1 aromatic carbocycles. The van der Waals surface area contributed by atoms with E-state index in [1.165, 1.54) is 50.5 Å². The van der Waals surface area contributed by atoms with E-state index in [1.807, 2.05) is 12.1 Å². The second-order valence-corrected chi connectivity index (χ2v) is 9.14. The van der Waals surface area contributed by atoms with Gasteiger partial charge in [0.15, 0.2) is 0 Å². The third-order valence-electron chi connectivity index (χ3n) is 5.56. The van der Waals surface area contributed by atoms with E-state index in [0.717, 1.165) is 17.9 Å². The minimum Gasteiger partial charge on any atom is -0.437 e. The summed E-state index contributed by atoms with van der Waals surface area (Å²) >= 11 is 0. The van der Waals surface area contributed by atoms with Crippen LogP contribution in [0.4, 0.5) is 0 Å². The first-order valence-electron chi connectivity index (χ1n) is 10.7. The highest BCUT2D eigenvalue weighted by Gasteiger charge is 2.30. The van der Waals surface area contributed by atoms with Crippen molar-refractivity contribution in [2.24, 2.45) is 0 Å². The molecule has 3 nitrogen and oxygen atoms in total. The summed E-state index contributed by atoms with van der Waals surface area (Å²) in [5.41, 5.74) is 2.30. The van der Waals surface area contributed by atoms with Crippen molar-refractivity contribution < 1.29 is 4.74 Å². The van der Waals surface area contributed by atoms with Gasteiger partial charge < -0.3 is 4.74 Å². The molecule has 1 unspecified atom stereocenters. The van der Waals surface area contributed by atoms with E-state index in [0.29, 0.717) is 5.88 Å². The summed E-state index contributed by atoms with van der Waals surface area (Å²) < 4.78 is 6.09. The van der Waals surface area contributed by atoms with Crippen molar-refractivity contribution in [3.63, 3.8) is 0 Å². The molecule has 0 fully saturated rings. The summed E-state index contributed by atoms with van der Waals surface area (Å²) in [6.45, 7) is 8.68. The van der Waals surface area contributed by atoms with Crippen LogP contribution in [0.25, 0.3) is 0 Å². The Morgan fingerprint density at radius 3 is 2.18 bits per heavy atom. The van der Waals surface area contributed by atoms with Gasteiger partial charge in [0.05, 0.1) is 0 Å². The number of ether oxygens (including phenoxy) is 1. The van der Waals surface area contributed by atoms with E-state index in [2.05, 4.69) is 60.0 Å². The first-order valence-corrected chi connectivity index (χ1v) is 11.3. The van der Waals surface area contributed by atoms with Gasteiger partial charge in [-0.05, 0) is 36.1 Å². The normalized spacial score (nSPS) is 12.8. The Labute approximate surface area is 174 Å². The lowest BCUT2D eigenvalue weighted by molar-refractivity contribution is 0.410. The second-order valence-electron chi connectivity index (χ2n) is 8.27. The SMILES string of the molecule is CCCCCCCCCc1ccc(Oc2nccnc2C(C)(C)C(C)[Si])cc1. The van der Waals surface area contributed by atoms with Gasteiger partial charge in [0.2, 0.25) is 5.88 Å². The van der Waals surface area contributed by atoms with Crippen LogP contribution in [0, 0.1) is 0 Å². The fraction of sp³-hybridized carbons (Fsp3) is 0.583. The minimum atomic E-state index is -0.183. The van der Waals surface area contributed by atoms with Crippen LogP contribution in [0.3, 0.4) is 0 Å². The van der Waals surface area contributed by atoms with Crippen molar-refractivity contribution in [2.75, 3.05) is 0 Å². The molecule has 1 heterocycles. The summed E-state index contributed by atoms with van der Waals surface area (Å²) in [6, 6.07) is 8.42. The Morgan fingerprint density at radius 1 is 0.929 bits per heavy atom. The van der Waals surface area contributed by atoms with Crippen molar-refractivity contribution in [3.8, 4) is 11.6 Å². The molecule has 0 amide bonds. The molecule has 1 aromatic heterocycles. The molecule has 0 saturated carbocycles. The summed E-state index contributed by atoms with van der Waals surface area (Å²) in [7, 11) is 3.74. The van der Waals surface area contributed by atoms with Crippen molar-refractivity contribution in [1.82, 2.24) is 9.97 Å². The standard InChI is InChI=1S/C24H35N2OSi/c1-5-6-7-8-9-10-11-12-20-13-15-21(16-14-20)27-23-22(25-17-18-26-23)24(3,4)19(2)28/h13-19H,5-12H2,1-4H3. The van der Waals surface area contributed by atoms with E-state index >= 15 is 0 Å². The molecule has 0 aliphatic rings. The Balaban J connectivity index is 1.90. The molecule has 0 aliphatic heterocycles. The van der Waals surface area contributed by atoms with Gasteiger partial charge in [0, 0.05) is 28.1 Å². The lowest BCUT2D eigenvalue weighted by Crippen LogP contribution is -2.25. The zero-order valence-corrected chi connectivity index (χ0v) is 19.0. The van der Waals surface area contributed by atoms with Crippen LogP contribution in [-0.4, -0.2) is 20.2 Å². The van der Waals surface area contributed by atoms with Gasteiger partial charge in [-0.3, -0.25) is 4.98 Å². The van der Waals surface area contributed by atoms with Gasteiger partial charge in [-0.15, -0.1) is 0 Å². The minimum absolute atomic E-state index is 0.183.